The third kappa shape index (κ3) is 7.03. The molecule has 0 aliphatic heterocycles. The molecule has 0 aromatic carbocycles. The van der Waals surface area contributed by atoms with Crippen molar-refractivity contribution in [3.8, 4) is 0 Å². The largest absolute Gasteiger partial charge is 0.389 e. The second kappa shape index (κ2) is 9.44. The van der Waals surface area contributed by atoms with E-state index in [1.165, 1.54) is 4.88 Å². The minimum absolute atomic E-state index is 0.0204. The second-order valence-corrected chi connectivity index (χ2v) is 5.69. The molecule has 0 amide bonds. The van der Waals surface area contributed by atoms with Gasteiger partial charge in [-0.25, -0.2) is 0 Å². The minimum atomic E-state index is -0.459. The van der Waals surface area contributed by atoms with Crippen molar-refractivity contribution < 1.29 is 14.6 Å². The van der Waals surface area contributed by atoms with Crippen molar-refractivity contribution in [1.29, 1.82) is 0 Å². The summed E-state index contributed by atoms with van der Waals surface area (Å²) in [5.41, 5.74) is 0. The smallest absolute Gasteiger partial charge is 0.0900 e. The zero-order valence-corrected chi connectivity index (χ0v) is 12.9. The lowest BCUT2D eigenvalue weighted by molar-refractivity contribution is -0.0398. The molecule has 0 fully saturated rings. The first kappa shape index (κ1) is 16.6. The summed E-state index contributed by atoms with van der Waals surface area (Å²) in [6.45, 7) is 7.40. The number of hydrogen-bond acceptors (Lipinski definition) is 5. The van der Waals surface area contributed by atoms with Crippen molar-refractivity contribution in [2.75, 3.05) is 33.4 Å². The summed E-state index contributed by atoms with van der Waals surface area (Å²) < 4.78 is 10.5. The first-order chi connectivity index (χ1) is 9.15. The number of nitrogens with zero attached hydrogens (tertiary/aromatic N) is 1. The van der Waals surface area contributed by atoms with Gasteiger partial charge in [0.25, 0.3) is 0 Å². The summed E-state index contributed by atoms with van der Waals surface area (Å²) in [6, 6.07) is 4.18. The Morgan fingerprint density at radius 1 is 1.42 bits per heavy atom. The molecule has 1 N–H and O–H groups in total. The normalized spacial score (nSPS) is 14.8. The molecule has 1 aromatic heterocycles. The summed E-state index contributed by atoms with van der Waals surface area (Å²) in [5.74, 6) is 0. The van der Waals surface area contributed by atoms with Crippen LogP contribution in [0.5, 0.6) is 0 Å². The molecule has 0 bridgehead atoms. The first-order valence-corrected chi connectivity index (χ1v) is 7.57. The molecule has 0 spiro atoms. The van der Waals surface area contributed by atoms with Crippen molar-refractivity contribution in [2.45, 2.75) is 32.6 Å². The summed E-state index contributed by atoms with van der Waals surface area (Å²) in [6.07, 6.45) is -0.439. The number of methoxy groups -OCH3 is 1. The predicted octanol–water partition coefficient (Wildman–Crippen LogP) is 1.98. The van der Waals surface area contributed by atoms with Gasteiger partial charge in [0.05, 0.1) is 25.4 Å². The molecule has 2 atom stereocenters. The van der Waals surface area contributed by atoms with E-state index < -0.39 is 6.10 Å². The topological polar surface area (TPSA) is 41.9 Å². The standard InChI is InChI=1S/C14H25NO3S/c1-4-15(9-14-6-5-7-19-14)8-13(16)11-18-12(2)10-17-3/h5-7,12-13,16H,4,8-11H2,1-3H3. The maximum absolute atomic E-state index is 9.99. The molecule has 0 radical (unpaired) electrons. The van der Waals surface area contributed by atoms with Gasteiger partial charge in [-0.15, -0.1) is 11.3 Å². The molecule has 1 aromatic rings. The Bertz CT molecular complexity index is 319. The third-order valence-electron chi connectivity index (χ3n) is 2.85. The molecule has 2 unspecified atom stereocenters. The Morgan fingerprint density at radius 3 is 2.79 bits per heavy atom. The Balaban J connectivity index is 2.26. The summed E-state index contributed by atoms with van der Waals surface area (Å²) in [4.78, 5) is 3.55. The van der Waals surface area contributed by atoms with Crippen LogP contribution in [0.15, 0.2) is 17.5 Å². The van der Waals surface area contributed by atoms with Gasteiger partial charge in [0.1, 0.15) is 0 Å². The molecule has 5 heteroatoms. The molecule has 110 valence electrons. The molecule has 1 heterocycles. The van der Waals surface area contributed by atoms with Gasteiger partial charge in [-0.3, -0.25) is 4.90 Å². The number of hydrogen-bond donors (Lipinski definition) is 1. The van der Waals surface area contributed by atoms with Crippen LogP contribution in [-0.4, -0.2) is 55.6 Å². The lowest BCUT2D eigenvalue weighted by Gasteiger charge is -2.24. The van der Waals surface area contributed by atoms with Gasteiger partial charge in [0.2, 0.25) is 0 Å². The lowest BCUT2D eigenvalue weighted by Crippen LogP contribution is -2.35. The fourth-order valence-corrected chi connectivity index (χ4v) is 2.58. The Kier molecular flexibility index (Phi) is 8.25. The van der Waals surface area contributed by atoms with Gasteiger partial charge in [0.15, 0.2) is 0 Å². The van der Waals surface area contributed by atoms with E-state index in [9.17, 15) is 5.11 Å². The van der Waals surface area contributed by atoms with E-state index in [0.717, 1.165) is 13.1 Å². The highest BCUT2D eigenvalue weighted by molar-refractivity contribution is 7.09. The van der Waals surface area contributed by atoms with E-state index >= 15 is 0 Å². The number of rotatable bonds is 10. The van der Waals surface area contributed by atoms with Crippen LogP contribution in [0, 0.1) is 0 Å². The van der Waals surface area contributed by atoms with Gasteiger partial charge in [-0.05, 0) is 24.9 Å². The first-order valence-electron chi connectivity index (χ1n) is 6.69. The van der Waals surface area contributed by atoms with E-state index in [2.05, 4.69) is 29.3 Å². The highest BCUT2D eigenvalue weighted by Crippen LogP contribution is 2.12. The molecule has 1 rings (SSSR count). The van der Waals surface area contributed by atoms with Crippen LogP contribution in [0.25, 0.3) is 0 Å². The third-order valence-corrected chi connectivity index (χ3v) is 3.71. The molecular formula is C14H25NO3S. The van der Waals surface area contributed by atoms with Crippen molar-refractivity contribution in [3.05, 3.63) is 22.4 Å². The van der Waals surface area contributed by atoms with E-state index in [1.54, 1.807) is 18.4 Å². The van der Waals surface area contributed by atoms with Crippen LogP contribution >= 0.6 is 11.3 Å². The van der Waals surface area contributed by atoms with Crippen LogP contribution < -0.4 is 0 Å². The summed E-state index contributed by atoms with van der Waals surface area (Å²) in [5, 5.41) is 12.1. The van der Waals surface area contributed by atoms with E-state index in [1.807, 2.05) is 6.92 Å². The number of aliphatic hydroxyl groups is 1. The van der Waals surface area contributed by atoms with Gasteiger partial charge in [-0.1, -0.05) is 13.0 Å². The fourth-order valence-electron chi connectivity index (χ4n) is 1.84. The zero-order valence-electron chi connectivity index (χ0n) is 12.0. The summed E-state index contributed by atoms with van der Waals surface area (Å²) in [7, 11) is 1.65. The minimum Gasteiger partial charge on any atom is -0.389 e. The molecule has 0 saturated heterocycles. The second-order valence-electron chi connectivity index (χ2n) is 4.66. The molecule has 0 aliphatic carbocycles. The van der Waals surface area contributed by atoms with Gasteiger partial charge in [0, 0.05) is 25.1 Å². The van der Waals surface area contributed by atoms with Crippen LogP contribution in [0.1, 0.15) is 18.7 Å². The summed E-state index contributed by atoms with van der Waals surface area (Å²) >= 11 is 1.75. The zero-order chi connectivity index (χ0) is 14.1. The maximum Gasteiger partial charge on any atom is 0.0900 e. The van der Waals surface area contributed by atoms with Crippen LogP contribution in [-0.2, 0) is 16.0 Å². The maximum atomic E-state index is 9.99. The fraction of sp³-hybridized carbons (Fsp3) is 0.714. The Hall–Kier alpha value is -0.460. The average molecular weight is 287 g/mol. The lowest BCUT2D eigenvalue weighted by atomic mass is 10.3. The van der Waals surface area contributed by atoms with E-state index in [-0.39, 0.29) is 6.10 Å². The highest BCUT2D eigenvalue weighted by atomic mass is 32.1. The molecule has 19 heavy (non-hydrogen) atoms. The van der Waals surface area contributed by atoms with Crippen molar-refractivity contribution in [1.82, 2.24) is 4.90 Å². The molecular weight excluding hydrogens is 262 g/mol. The van der Waals surface area contributed by atoms with Gasteiger partial charge < -0.3 is 14.6 Å². The Labute approximate surface area is 120 Å². The highest BCUT2D eigenvalue weighted by Gasteiger charge is 2.13. The van der Waals surface area contributed by atoms with Gasteiger partial charge >= 0.3 is 0 Å². The predicted molar refractivity (Wildman–Crippen MR) is 78.6 cm³/mol. The quantitative estimate of drug-likeness (QED) is 0.714. The van der Waals surface area contributed by atoms with Crippen LogP contribution in [0.3, 0.4) is 0 Å². The number of ether oxygens (including phenoxy) is 2. The van der Waals surface area contributed by atoms with Gasteiger partial charge in [-0.2, -0.15) is 0 Å². The number of thiophene rings is 1. The van der Waals surface area contributed by atoms with E-state index in [0.29, 0.717) is 19.8 Å². The molecule has 4 nitrogen and oxygen atoms in total. The number of likely N-dealkylation sites (N-methyl/N-ethyl adjacent to an activating group) is 1. The van der Waals surface area contributed by atoms with Crippen molar-refractivity contribution >= 4 is 11.3 Å². The van der Waals surface area contributed by atoms with Crippen molar-refractivity contribution in [3.63, 3.8) is 0 Å². The Morgan fingerprint density at radius 2 is 2.21 bits per heavy atom. The molecule has 0 saturated carbocycles. The average Bonchev–Trinajstić information content (AvgIpc) is 2.89. The number of aliphatic hydroxyl groups excluding tert-OH is 1. The van der Waals surface area contributed by atoms with E-state index in [4.69, 9.17) is 9.47 Å². The monoisotopic (exact) mass is 287 g/mol. The molecule has 0 aliphatic rings. The van der Waals surface area contributed by atoms with Crippen LogP contribution in [0.2, 0.25) is 0 Å². The SMILES string of the molecule is CCN(Cc1cccs1)CC(O)COC(C)COC. The van der Waals surface area contributed by atoms with Crippen molar-refractivity contribution in [2.24, 2.45) is 0 Å². The van der Waals surface area contributed by atoms with Crippen LogP contribution in [0.4, 0.5) is 0 Å².